The first-order chi connectivity index (χ1) is 9.87. The van der Waals surface area contributed by atoms with Crippen LogP contribution in [0.2, 0.25) is 0 Å². The first kappa shape index (κ1) is 20.7. The third-order valence-electron chi connectivity index (χ3n) is 3.31. The minimum absolute atomic E-state index is 0.0841. The van der Waals surface area contributed by atoms with E-state index < -0.39 is 15.0 Å². The van der Waals surface area contributed by atoms with Crippen molar-refractivity contribution >= 4 is 21.5 Å². The van der Waals surface area contributed by atoms with Crippen LogP contribution in [-0.2, 0) is 10.1 Å². The molecular weight excluding hydrogens is 302 g/mol. The fraction of sp³-hybridized carbons (Fsp3) is 0.600. The van der Waals surface area contributed by atoms with Gasteiger partial charge in [-0.3, -0.25) is 0 Å². The number of quaternary nitrogens is 1. The fourth-order valence-corrected chi connectivity index (χ4v) is 3.40. The van der Waals surface area contributed by atoms with E-state index in [4.69, 9.17) is 11.5 Å². The van der Waals surface area contributed by atoms with Crippen LogP contribution in [0.4, 0.5) is 11.4 Å². The molecule has 0 saturated carbocycles. The third kappa shape index (κ3) is 6.64. The molecule has 0 radical (unpaired) electrons. The van der Waals surface area contributed by atoms with Gasteiger partial charge in [-0.1, -0.05) is 0 Å². The van der Waals surface area contributed by atoms with Crippen molar-refractivity contribution < 1.29 is 17.9 Å². The van der Waals surface area contributed by atoms with E-state index in [0.717, 1.165) is 24.2 Å². The van der Waals surface area contributed by atoms with Gasteiger partial charge in [0.05, 0.1) is 23.0 Å². The molecule has 0 aliphatic carbocycles. The van der Waals surface area contributed by atoms with Gasteiger partial charge in [0.15, 0.2) is 0 Å². The maximum Gasteiger partial charge on any atom is 0.126 e. The Morgan fingerprint density at radius 2 is 1.36 bits per heavy atom. The van der Waals surface area contributed by atoms with Gasteiger partial charge in [0.1, 0.15) is 10.1 Å². The van der Waals surface area contributed by atoms with E-state index in [0.29, 0.717) is 0 Å². The lowest BCUT2D eigenvalue weighted by molar-refractivity contribution is -0.962. The normalized spacial score (nSPS) is 12.0. The molecule has 128 valence electrons. The average Bonchev–Trinajstić information content (AvgIpc) is 2.30. The molecule has 1 aromatic rings. The predicted molar refractivity (Wildman–Crippen MR) is 89.6 cm³/mol. The van der Waals surface area contributed by atoms with Crippen molar-refractivity contribution in [2.24, 2.45) is 0 Å². The number of benzene rings is 1. The van der Waals surface area contributed by atoms with E-state index in [-0.39, 0.29) is 11.4 Å². The Kier molecular flexibility index (Phi) is 7.86. The predicted octanol–water partition coefficient (Wildman–Crippen LogP) is 0.852. The Hall–Kier alpha value is -1.31. The molecule has 0 unspecified atom stereocenters. The quantitative estimate of drug-likeness (QED) is 0.559. The summed E-state index contributed by atoms with van der Waals surface area (Å²) in [5.41, 5.74) is 10.6. The molecule has 6 nitrogen and oxygen atoms in total. The van der Waals surface area contributed by atoms with Gasteiger partial charge >= 0.3 is 0 Å². The number of hydrogen-bond donors (Lipinski definition) is 3. The molecule has 7 heteroatoms. The molecule has 0 atom stereocenters. The summed E-state index contributed by atoms with van der Waals surface area (Å²) >= 11 is 0. The summed E-state index contributed by atoms with van der Waals surface area (Å²) in [7, 11) is -4.51. The summed E-state index contributed by atoms with van der Waals surface area (Å²) in [5.74, 6) is 0. The summed E-state index contributed by atoms with van der Waals surface area (Å²) in [5, 5.41) is 0. The Morgan fingerprint density at radius 1 is 0.955 bits per heavy atom. The standard InChI is InChI=1S/C9H21N.C6H8N2O3S/c1-7(2)10(8(3)4)9(5)6;7-4-1-2-5(8)6(3-4)12(9,10)11/h7-9H,1-6H3;1-3H,7-8H2,(H,9,10,11). The first-order valence-corrected chi connectivity index (χ1v) is 8.76. The van der Waals surface area contributed by atoms with Crippen molar-refractivity contribution in [3.63, 3.8) is 0 Å². The van der Waals surface area contributed by atoms with Gasteiger partial charge in [-0.25, -0.2) is 8.42 Å². The van der Waals surface area contributed by atoms with Crippen LogP contribution in [0.5, 0.6) is 0 Å². The second-order valence-corrected chi connectivity index (χ2v) is 7.56. The molecule has 0 bridgehead atoms. The monoisotopic (exact) mass is 331 g/mol. The van der Waals surface area contributed by atoms with Crippen molar-refractivity contribution in [2.45, 2.75) is 64.6 Å². The average molecular weight is 331 g/mol. The van der Waals surface area contributed by atoms with Gasteiger partial charge < -0.3 is 20.9 Å². The van der Waals surface area contributed by atoms with E-state index in [1.807, 2.05) is 0 Å². The molecule has 22 heavy (non-hydrogen) atoms. The van der Waals surface area contributed by atoms with Crippen LogP contribution in [-0.4, -0.2) is 31.1 Å². The van der Waals surface area contributed by atoms with E-state index in [2.05, 4.69) is 41.5 Å². The molecule has 5 N–H and O–H groups in total. The summed E-state index contributed by atoms with van der Waals surface area (Å²) in [6.45, 7) is 13.7. The molecule has 0 amide bonds. The lowest BCUT2D eigenvalue weighted by Crippen LogP contribution is -3.20. The van der Waals surface area contributed by atoms with Gasteiger partial charge in [0.2, 0.25) is 0 Å². The maximum atomic E-state index is 10.5. The SMILES string of the molecule is CC(C)[NH+](C(C)C)C(C)C.Nc1ccc(N)c(S(=O)(=O)[O-])c1. The van der Waals surface area contributed by atoms with Gasteiger partial charge in [-0.05, 0) is 59.7 Å². The van der Waals surface area contributed by atoms with Gasteiger partial charge in [0.25, 0.3) is 0 Å². The van der Waals surface area contributed by atoms with Crippen LogP contribution < -0.4 is 16.4 Å². The zero-order valence-corrected chi connectivity index (χ0v) is 15.1. The maximum absolute atomic E-state index is 10.5. The summed E-state index contributed by atoms with van der Waals surface area (Å²) in [6.07, 6.45) is 0. The molecule has 0 spiro atoms. The van der Waals surface area contributed by atoms with Gasteiger partial charge in [-0.15, -0.1) is 0 Å². The van der Waals surface area contributed by atoms with Crippen molar-refractivity contribution in [2.75, 3.05) is 11.5 Å². The Bertz CT molecular complexity index is 550. The van der Waals surface area contributed by atoms with Gasteiger partial charge in [-0.2, -0.15) is 0 Å². The number of nitrogens with two attached hydrogens (primary N) is 2. The summed E-state index contributed by atoms with van der Waals surface area (Å²) in [4.78, 5) is 1.22. The zero-order chi connectivity index (χ0) is 17.7. The minimum Gasteiger partial charge on any atom is -0.744 e. The lowest BCUT2D eigenvalue weighted by Gasteiger charge is -2.31. The summed E-state index contributed by atoms with van der Waals surface area (Å²) < 4.78 is 31.5. The van der Waals surface area contributed by atoms with Gasteiger partial charge in [0, 0.05) is 11.4 Å². The van der Waals surface area contributed by atoms with Crippen LogP contribution in [0.15, 0.2) is 23.1 Å². The minimum atomic E-state index is -4.51. The van der Waals surface area contributed by atoms with E-state index in [9.17, 15) is 13.0 Å². The number of rotatable bonds is 4. The Labute approximate surface area is 134 Å². The first-order valence-electron chi connectivity index (χ1n) is 7.35. The summed E-state index contributed by atoms with van der Waals surface area (Å²) in [6, 6.07) is 5.99. The molecular formula is C15H29N3O3S. The molecule has 1 aromatic carbocycles. The zero-order valence-electron chi connectivity index (χ0n) is 14.3. The van der Waals surface area contributed by atoms with E-state index in [1.54, 1.807) is 4.90 Å². The second kappa shape index (κ2) is 8.36. The molecule has 0 fully saturated rings. The molecule has 0 aliphatic rings. The van der Waals surface area contributed by atoms with Crippen molar-refractivity contribution in [3.8, 4) is 0 Å². The highest BCUT2D eigenvalue weighted by molar-refractivity contribution is 7.86. The number of hydrogen-bond acceptors (Lipinski definition) is 5. The molecule has 1 rings (SSSR count). The van der Waals surface area contributed by atoms with E-state index in [1.165, 1.54) is 12.1 Å². The molecule has 0 heterocycles. The van der Waals surface area contributed by atoms with Crippen molar-refractivity contribution in [3.05, 3.63) is 18.2 Å². The Balaban J connectivity index is 0.000000409. The number of nitrogens with one attached hydrogen (secondary N) is 1. The van der Waals surface area contributed by atoms with E-state index >= 15 is 0 Å². The van der Waals surface area contributed by atoms with Crippen molar-refractivity contribution in [1.82, 2.24) is 0 Å². The topological polar surface area (TPSA) is 114 Å². The van der Waals surface area contributed by atoms with Crippen LogP contribution in [0.25, 0.3) is 0 Å². The third-order valence-corrected chi connectivity index (χ3v) is 4.20. The largest absolute Gasteiger partial charge is 0.744 e. The van der Waals surface area contributed by atoms with Crippen molar-refractivity contribution in [1.29, 1.82) is 0 Å². The van der Waals surface area contributed by atoms with Crippen LogP contribution in [0.1, 0.15) is 41.5 Å². The second-order valence-electron chi connectivity index (χ2n) is 6.22. The highest BCUT2D eigenvalue weighted by atomic mass is 32.2. The highest BCUT2D eigenvalue weighted by Gasteiger charge is 2.19. The fourth-order valence-electron chi connectivity index (χ4n) is 2.77. The highest BCUT2D eigenvalue weighted by Crippen LogP contribution is 2.20. The van der Waals surface area contributed by atoms with Crippen LogP contribution >= 0.6 is 0 Å². The smallest absolute Gasteiger partial charge is 0.126 e. The van der Waals surface area contributed by atoms with Crippen LogP contribution in [0.3, 0.4) is 0 Å². The molecule has 0 saturated heterocycles. The lowest BCUT2D eigenvalue weighted by atomic mass is 10.2. The molecule has 0 aliphatic heterocycles. The number of nitrogen functional groups attached to an aromatic ring is 2. The Morgan fingerprint density at radius 3 is 1.59 bits per heavy atom. The molecule has 0 aromatic heterocycles. The number of anilines is 2. The van der Waals surface area contributed by atoms with Crippen LogP contribution in [0, 0.1) is 0 Å².